The van der Waals surface area contributed by atoms with Crippen molar-refractivity contribution < 1.29 is 14.7 Å². The number of anilines is 1. The van der Waals surface area contributed by atoms with Crippen molar-refractivity contribution >= 4 is 17.2 Å². The number of oxime groups is 1. The summed E-state index contributed by atoms with van der Waals surface area (Å²) >= 11 is 0. The van der Waals surface area contributed by atoms with Gasteiger partial charge in [-0.2, -0.15) is 0 Å². The fourth-order valence-corrected chi connectivity index (χ4v) is 7.89. The molecule has 0 spiro atoms. The van der Waals surface area contributed by atoms with Gasteiger partial charge in [-0.3, -0.25) is 4.79 Å². The Kier molecular flexibility index (Phi) is 6.65. The summed E-state index contributed by atoms with van der Waals surface area (Å²) in [6.45, 7) is 5.21. The highest BCUT2D eigenvalue weighted by atomic mass is 16.5. The lowest BCUT2D eigenvalue weighted by Crippen LogP contribution is -2.45. The molecule has 0 radical (unpaired) electrons. The van der Waals surface area contributed by atoms with Crippen LogP contribution in [0.25, 0.3) is 0 Å². The monoisotopic (exact) mass is 476 g/mol. The molecule has 0 saturated heterocycles. The summed E-state index contributed by atoms with van der Waals surface area (Å²) in [5.41, 5.74) is 7.89. The first kappa shape index (κ1) is 24.3. The van der Waals surface area contributed by atoms with Gasteiger partial charge in [-0.05, 0) is 104 Å². The Bertz CT molecular complexity index is 1070. The van der Waals surface area contributed by atoms with Crippen molar-refractivity contribution in [2.75, 3.05) is 32.2 Å². The number of rotatable bonds is 6. The molecule has 2 fully saturated rings. The van der Waals surface area contributed by atoms with E-state index < -0.39 is 0 Å². The molecule has 0 bridgehead atoms. The lowest BCUT2D eigenvalue weighted by molar-refractivity contribution is -0.132. The smallest absolute Gasteiger partial charge is 0.162 e. The van der Waals surface area contributed by atoms with Crippen molar-refractivity contribution in [3.8, 4) is 0 Å². The van der Waals surface area contributed by atoms with Gasteiger partial charge in [0.05, 0.1) is 5.71 Å². The van der Waals surface area contributed by atoms with Crippen LogP contribution in [0.1, 0.15) is 70.3 Å². The molecule has 4 aliphatic rings. The number of ether oxygens (including phenoxy) is 1. The average molecular weight is 477 g/mol. The molecular weight excluding hydrogens is 436 g/mol. The van der Waals surface area contributed by atoms with Gasteiger partial charge in [-0.1, -0.05) is 29.8 Å². The second-order valence-corrected chi connectivity index (χ2v) is 11.4. The molecular formula is C30H40N2O3. The minimum atomic E-state index is 0.00139. The predicted molar refractivity (Wildman–Crippen MR) is 140 cm³/mol. The van der Waals surface area contributed by atoms with E-state index in [9.17, 15) is 10.0 Å². The number of fused-ring (bicyclic) bond motifs is 4. The number of hydrogen-bond acceptors (Lipinski definition) is 5. The molecule has 5 nitrogen and oxygen atoms in total. The van der Waals surface area contributed by atoms with Gasteiger partial charge < -0.3 is 14.8 Å². The van der Waals surface area contributed by atoms with Gasteiger partial charge in [-0.15, -0.1) is 0 Å². The maximum absolute atomic E-state index is 13.3. The number of ketones is 1. The minimum absolute atomic E-state index is 0.00139. The van der Waals surface area contributed by atoms with Crippen LogP contribution in [0.3, 0.4) is 0 Å². The van der Waals surface area contributed by atoms with Crippen molar-refractivity contribution in [1.82, 2.24) is 0 Å². The van der Waals surface area contributed by atoms with Crippen molar-refractivity contribution in [3.63, 3.8) is 0 Å². The summed E-state index contributed by atoms with van der Waals surface area (Å²) in [6, 6.07) is 9.07. The van der Waals surface area contributed by atoms with Crippen LogP contribution in [0.2, 0.25) is 0 Å². The van der Waals surface area contributed by atoms with E-state index in [0.717, 1.165) is 50.7 Å². The summed E-state index contributed by atoms with van der Waals surface area (Å²) < 4.78 is 5.57. The van der Waals surface area contributed by atoms with Gasteiger partial charge in [0, 0.05) is 38.2 Å². The zero-order valence-electron chi connectivity index (χ0n) is 21.7. The quantitative estimate of drug-likeness (QED) is 0.396. The topological polar surface area (TPSA) is 62.1 Å². The van der Waals surface area contributed by atoms with E-state index in [-0.39, 0.29) is 17.9 Å². The van der Waals surface area contributed by atoms with Gasteiger partial charge in [0.15, 0.2) is 5.78 Å². The second-order valence-electron chi connectivity index (χ2n) is 11.4. The molecule has 5 unspecified atom stereocenters. The Labute approximate surface area is 209 Å². The van der Waals surface area contributed by atoms with Gasteiger partial charge in [0.2, 0.25) is 0 Å². The number of allylic oxidation sites excluding steroid dienone is 4. The van der Waals surface area contributed by atoms with Crippen LogP contribution in [0.15, 0.2) is 52.2 Å². The molecule has 1 N–H and O–H groups in total. The van der Waals surface area contributed by atoms with Gasteiger partial charge in [-0.25, -0.2) is 0 Å². The lowest BCUT2D eigenvalue weighted by atomic mass is 9.51. The largest absolute Gasteiger partial charge is 0.411 e. The molecule has 0 aliphatic heterocycles. The maximum atomic E-state index is 13.3. The SMILES string of the molecule is CCOCC(=O)C1CCC2C3CCC4=CC(=NO)CCC4=C3C(c3ccc(N(C)C)cc3)CC12C. The van der Waals surface area contributed by atoms with E-state index in [0.29, 0.717) is 30.1 Å². The molecule has 5 rings (SSSR count). The van der Waals surface area contributed by atoms with E-state index in [1.807, 2.05) is 6.92 Å². The molecule has 0 heterocycles. The third-order valence-corrected chi connectivity index (χ3v) is 9.52. The molecule has 0 amide bonds. The molecule has 2 saturated carbocycles. The molecule has 5 atom stereocenters. The van der Waals surface area contributed by atoms with Crippen LogP contribution in [0, 0.1) is 23.2 Å². The van der Waals surface area contributed by atoms with Gasteiger partial charge >= 0.3 is 0 Å². The highest BCUT2D eigenvalue weighted by molar-refractivity contribution is 5.97. The van der Waals surface area contributed by atoms with Crippen molar-refractivity contribution in [2.24, 2.45) is 28.3 Å². The summed E-state index contributed by atoms with van der Waals surface area (Å²) in [5, 5.41) is 12.9. The number of nitrogens with zero attached hydrogens (tertiary/aromatic N) is 2. The molecule has 4 aliphatic carbocycles. The van der Waals surface area contributed by atoms with E-state index in [4.69, 9.17) is 4.74 Å². The highest BCUT2D eigenvalue weighted by Crippen LogP contribution is 2.65. The van der Waals surface area contributed by atoms with Crippen molar-refractivity contribution in [1.29, 1.82) is 0 Å². The summed E-state index contributed by atoms with van der Waals surface area (Å²) in [5.74, 6) is 1.78. The number of benzene rings is 1. The van der Waals surface area contributed by atoms with Gasteiger partial charge in [0.25, 0.3) is 0 Å². The predicted octanol–water partition coefficient (Wildman–Crippen LogP) is 6.14. The third kappa shape index (κ3) is 4.16. The number of carbonyl (C=O) groups excluding carboxylic acids is 1. The standard InChI is InChI=1S/C30H40N2O3/c1-5-35-18-28(33)27-15-14-26-24-12-8-20-16-21(31-34)9-13-23(20)29(24)25(17-30(26,27)2)19-6-10-22(11-7-19)32(3)4/h6-7,10-11,16,24-27,34H,5,8-9,12-15,17-18H2,1-4H3. The molecule has 1 aromatic carbocycles. The summed E-state index contributed by atoms with van der Waals surface area (Å²) in [7, 11) is 4.16. The number of carbonyl (C=O) groups is 1. The van der Waals surface area contributed by atoms with Crippen LogP contribution in [-0.4, -0.2) is 44.0 Å². The van der Waals surface area contributed by atoms with Crippen LogP contribution >= 0.6 is 0 Å². The number of Topliss-reactive ketones (excluding diaryl/α,β-unsaturated/α-hetero) is 1. The Balaban J connectivity index is 1.59. The average Bonchev–Trinajstić information content (AvgIpc) is 3.23. The number of hydrogen-bond donors (Lipinski definition) is 1. The van der Waals surface area contributed by atoms with E-state index in [1.54, 1.807) is 5.57 Å². The fourth-order valence-electron chi connectivity index (χ4n) is 7.89. The molecule has 188 valence electrons. The van der Waals surface area contributed by atoms with Crippen LogP contribution in [-0.2, 0) is 9.53 Å². The Morgan fingerprint density at radius 3 is 2.60 bits per heavy atom. The van der Waals surface area contributed by atoms with E-state index in [1.165, 1.54) is 22.4 Å². The van der Waals surface area contributed by atoms with E-state index in [2.05, 4.69) is 61.4 Å². The molecule has 0 aromatic heterocycles. The first-order valence-corrected chi connectivity index (χ1v) is 13.4. The van der Waals surface area contributed by atoms with Crippen LogP contribution in [0.4, 0.5) is 5.69 Å². The summed E-state index contributed by atoms with van der Waals surface area (Å²) in [6.07, 6.45) is 9.20. The Morgan fingerprint density at radius 2 is 1.91 bits per heavy atom. The fraction of sp³-hybridized carbons (Fsp3) is 0.600. The third-order valence-electron chi connectivity index (χ3n) is 9.52. The van der Waals surface area contributed by atoms with Crippen molar-refractivity contribution in [3.05, 3.63) is 52.6 Å². The second kappa shape index (κ2) is 9.57. The molecule has 35 heavy (non-hydrogen) atoms. The first-order valence-electron chi connectivity index (χ1n) is 13.4. The van der Waals surface area contributed by atoms with Crippen molar-refractivity contribution in [2.45, 2.75) is 64.7 Å². The lowest BCUT2D eigenvalue weighted by Gasteiger charge is -2.52. The minimum Gasteiger partial charge on any atom is -0.411 e. The zero-order valence-corrected chi connectivity index (χ0v) is 21.7. The Hall–Kier alpha value is -2.40. The van der Waals surface area contributed by atoms with Crippen LogP contribution in [0.5, 0.6) is 0 Å². The highest BCUT2D eigenvalue weighted by Gasteiger charge is 2.58. The van der Waals surface area contributed by atoms with Crippen LogP contribution < -0.4 is 4.90 Å². The summed E-state index contributed by atoms with van der Waals surface area (Å²) in [4.78, 5) is 15.4. The maximum Gasteiger partial charge on any atom is 0.162 e. The first-order chi connectivity index (χ1) is 16.9. The normalized spacial score (nSPS) is 33.1. The molecule has 5 heteroatoms. The Morgan fingerprint density at radius 1 is 1.14 bits per heavy atom. The molecule has 1 aromatic rings. The van der Waals surface area contributed by atoms with E-state index >= 15 is 0 Å². The zero-order chi connectivity index (χ0) is 24.7. The van der Waals surface area contributed by atoms with Gasteiger partial charge in [0.1, 0.15) is 6.61 Å².